The highest BCUT2D eigenvalue weighted by molar-refractivity contribution is 5.56. The Hall–Kier alpha value is -1.56. The Bertz CT molecular complexity index is 499. The molecule has 102 valence electrons. The van der Waals surface area contributed by atoms with Crippen molar-refractivity contribution in [2.75, 3.05) is 11.9 Å². The predicted octanol–water partition coefficient (Wildman–Crippen LogP) is 3.31. The standard InChI is InChI=1S/C16H23N3/c1-11(2)8-12(3)19(4)16-14(10-17)9-13-6-5-7-15(13)18-16/h9,11-12H,5-8H2,1-4H3. The van der Waals surface area contributed by atoms with Gasteiger partial charge in [0.1, 0.15) is 11.9 Å². The zero-order valence-electron chi connectivity index (χ0n) is 12.4. The topological polar surface area (TPSA) is 39.9 Å². The number of aromatic nitrogens is 1. The molecule has 3 nitrogen and oxygen atoms in total. The maximum atomic E-state index is 9.35. The molecule has 0 aliphatic heterocycles. The Morgan fingerprint density at radius 2 is 2.11 bits per heavy atom. The minimum atomic E-state index is 0.402. The van der Waals surface area contributed by atoms with Crippen LogP contribution in [0.5, 0.6) is 0 Å². The van der Waals surface area contributed by atoms with E-state index in [0.29, 0.717) is 12.0 Å². The molecule has 1 heterocycles. The van der Waals surface area contributed by atoms with Gasteiger partial charge >= 0.3 is 0 Å². The predicted molar refractivity (Wildman–Crippen MR) is 78.3 cm³/mol. The molecule has 0 saturated heterocycles. The molecule has 2 rings (SSSR count). The van der Waals surface area contributed by atoms with E-state index in [4.69, 9.17) is 4.98 Å². The lowest BCUT2D eigenvalue weighted by Gasteiger charge is -2.28. The van der Waals surface area contributed by atoms with Crippen LogP contribution in [0.4, 0.5) is 5.82 Å². The fourth-order valence-corrected chi connectivity index (χ4v) is 2.86. The molecule has 1 aliphatic rings. The maximum absolute atomic E-state index is 9.35. The Morgan fingerprint density at radius 3 is 2.74 bits per heavy atom. The summed E-state index contributed by atoms with van der Waals surface area (Å²) < 4.78 is 0. The van der Waals surface area contributed by atoms with E-state index >= 15 is 0 Å². The molecule has 1 unspecified atom stereocenters. The number of pyridine rings is 1. The van der Waals surface area contributed by atoms with Crippen molar-refractivity contribution < 1.29 is 0 Å². The number of anilines is 1. The Balaban J connectivity index is 2.31. The third-order valence-electron chi connectivity index (χ3n) is 3.96. The fourth-order valence-electron chi connectivity index (χ4n) is 2.86. The van der Waals surface area contributed by atoms with E-state index in [1.807, 2.05) is 6.07 Å². The van der Waals surface area contributed by atoms with Crippen molar-refractivity contribution in [2.45, 2.75) is 52.5 Å². The van der Waals surface area contributed by atoms with E-state index in [-0.39, 0.29) is 0 Å². The molecular formula is C16H23N3. The molecule has 0 fully saturated rings. The highest BCUT2D eigenvalue weighted by Crippen LogP contribution is 2.28. The van der Waals surface area contributed by atoms with Gasteiger partial charge in [0.05, 0.1) is 5.56 Å². The number of hydrogen-bond acceptors (Lipinski definition) is 3. The SMILES string of the molecule is CC(C)CC(C)N(C)c1nc2c(cc1C#N)CCC2. The lowest BCUT2D eigenvalue weighted by molar-refractivity contribution is 0.501. The first-order chi connectivity index (χ1) is 9.02. The molecule has 0 radical (unpaired) electrons. The molecule has 0 bridgehead atoms. The van der Waals surface area contributed by atoms with Crippen LogP contribution in [0.25, 0.3) is 0 Å². The smallest absolute Gasteiger partial charge is 0.146 e. The average Bonchev–Trinajstić information content (AvgIpc) is 2.82. The second kappa shape index (κ2) is 5.61. The van der Waals surface area contributed by atoms with Gasteiger partial charge < -0.3 is 4.90 Å². The molecule has 1 atom stereocenters. The van der Waals surface area contributed by atoms with Crippen molar-refractivity contribution in [1.82, 2.24) is 4.98 Å². The van der Waals surface area contributed by atoms with Crippen LogP contribution in [0.15, 0.2) is 6.07 Å². The number of nitrogens with zero attached hydrogens (tertiary/aromatic N) is 3. The van der Waals surface area contributed by atoms with Gasteiger partial charge in [-0.2, -0.15) is 5.26 Å². The maximum Gasteiger partial charge on any atom is 0.146 e. The first kappa shape index (κ1) is 13.9. The van der Waals surface area contributed by atoms with Gasteiger partial charge in [0.2, 0.25) is 0 Å². The Morgan fingerprint density at radius 1 is 1.37 bits per heavy atom. The van der Waals surface area contributed by atoms with Crippen LogP contribution in [0.1, 0.15) is 50.4 Å². The van der Waals surface area contributed by atoms with Gasteiger partial charge in [-0.15, -0.1) is 0 Å². The van der Waals surface area contributed by atoms with E-state index in [1.54, 1.807) is 0 Å². The summed E-state index contributed by atoms with van der Waals surface area (Å²) in [4.78, 5) is 6.92. The summed E-state index contributed by atoms with van der Waals surface area (Å²) in [5.41, 5.74) is 3.18. The summed E-state index contributed by atoms with van der Waals surface area (Å²) in [6.45, 7) is 6.66. The summed E-state index contributed by atoms with van der Waals surface area (Å²) in [7, 11) is 2.05. The van der Waals surface area contributed by atoms with Crippen molar-refractivity contribution in [3.63, 3.8) is 0 Å². The third-order valence-corrected chi connectivity index (χ3v) is 3.96. The first-order valence-electron chi connectivity index (χ1n) is 7.18. The van der Waals surface area contributed by atoms with Crippen molar-refractivity contribution in [2.24, 2.45) is 5.92 Å². The van der Waals surface area contributed by atoms with Gasteiger partial charge in [0.25, 0.3) is 0 Å². The van der Waals surface area contributed by atoms with Crippen molar-refractivity contribution in [1.29, 1.82) is 5.26 Å². The molecule has 1 aliphatic carbocycles. The number of rotatable bonds is 4. The van der Waals surface area contributed by atoms with Gasteiger partial charge in [-0.25, -0.2) is 4.98 Å². The summed E-state index contributed by atoms with van der Waals surface area (Å²) in [6, 6.07) is 4.76. The second-order valence-electron chi connectivity index (χ2n) is 6.02. The minimum absolute atomic E-state index is 0.402. The molecule has 0 saturated carbocycles. The van der Waals surface area contributed by atoms with E-state index < -0.39 is 0 Å². The van der Waals surface area contributed by atoms with Crippen molar-refractivity contribution in [3.05, 3.63) is 22.9 Å². The van der Waals surface area contributed by atoms with Crippen LogP contribution in [-0.4, -0.2) is 18.1 Å². The molecular weight excluding hydrogens is 234 g/mol. The van der Waals surface area contributed by atoms with Crippen molar-refractivity contribution in [3.8, 4) is 6.07 Å². The quantitative estimate of drug-likeness (QED) is 0.830. The fraction of sp³-hybridized carbons (Fsp3) is 0.625. The van der Waals surface area contributed by atoms with Crippen LogP contribution >= 0.6 is 0 Å². The Kier molecular flexibility index (Phi) is 4.09. The van der Waals surface area contributed by atoms with E-state index in [9.17, 15) is 5.26 Å². The van der Waals surface area contributed by atoms with E-state index in [2.05, 4.69) is 38.8 Å². The van der Waals surface area contributed by atoms with Crippen LogP contribution in [0, 0.1) is 17.2 Å². The Labute approximate surface area is 116 Å². The molecule has 1 aromatic rings. The van der Waals surface area contributed by atoms with Crippen LogP contribution in [0.3, 0.4) is 0 Å². The monoisotopic (exact) mass is 257 g/mol. The molecule has 0 amide bonds. The molecule has 0 spiro atoms. The number of fused-ring (bicyclic) bond motifs is 1. The highest BCUT2D eigenvalue weighted by Gasteiger charge is 2.21. The summed E-state index contributed by atoms with van der Waals surface area (Å²) in [6.07, 6.45) is 4.41. The van der Waals surface area contributed by atoms with Gasteiger partial charge in [0, 0.05) is 18.8 Å². The number of hydrogen-bond donors (Lipinski definition) is 0. The lowest BCUT2D eigenvalue weighted by Crippen LogP contribution is -2.31. The third kappa shape index (κ3) is 2.89. The van der Waals surface area contributed by atoms with E-state index in [1.165, 1.54) is 17.7 Å². The van der Waals surface area contributed by atoms with Crippen LogP contribution < -0.4 is 4.90 Å². The van der Waals surface area contributed by atoms with Gasteiger partial charge in [0.15, 0.2) is 0 Å². The number of aryl methyl sites for hydroxylation is 2. The summed E-state index contributed by atoms with van der Waals surface area (Å²) in [5, 5.41) is 9.35. The normalized spacial score (nSPS) is 15.2. The molecule has 1 aromatic heterocycles. The minimum Gasteiger partial charge on any atom is -0.356 e. The molecule has 0 aromatic carbocycles. The number of nitriles is 1. The zero-order valence-corrected chi connectivity index (χ0v) is 12.4. The molecule has 3 heteroatoms. The second-order valence-corrected chi connectivity index (χ2v) is 6.02. The van der Waals surface area contributed by atoms with E-state index in [0.717, 1.165) is 30.6 Å². The highest BCUT2D eigenvalue weighted by atomic mass is 15.2. The molecule has 19 heavy (non-hydrogen) atoms. The average molecular weight is 257 g/mol. The van der Waals surface area contributed by atoms with Gasteiger partial charge in [-0.1, -0.05) is 13.8 Å². The van der Waals surface area contributed by atoms with Gasteiger partial charge in [-0.3, -0.25) is 0 Å². The lowest BCUT2D eigenvalue weighted by atomic mass is 10.0. The zero-order chi connectivity index (χ0) is 14.0. The first-order valence-corrected chi connectivity index (χ1v) is 7.18. The van der Waals surface area contributed by atoms with Crippen LogP contribution in [-0.2, 0) is 12.8 Å². The largest absolute Gasteiger partial charge is 0.356 e. The summed E-state index contributed by atoms with van der Waals surface area (Å²) in [5.74, 6) is 1.51. The van der Waals surface area contributed by atoms with Crippen molar-refractivity contribution >= 4 is 5.82 Å². The summed E-state index contributed by atoms with van der Waals surface area (Å²) >= 11 is 0. The molecule has 0 N–H and O–H groups in total. The van der Waals surface area contributed by atoms with Gasteiger partial charge in [-0.05, 0) is 50.2 Å². The van der Waals surface area contributed by atoms with Crippen LogP contribution in [0.2, 0.25) is 0 Å².